The highest BCUT2D eigenvalue weighted by Crippen LogP contribution is 2.38. The Morgan fingerprint density at radius 1 is 1.12 bits per heavy atom. The number of rotatable bonds is 2. The first kappa shape index (κ1) is 16.2. The number of ether oxygens (including phenoxy) is 1. The van der Waals surface area contributed by atoms with Gasteiger partial charge in [-0.25, -0.2) is 9.18 Å². The molecule has 1 aliphatic heterocycles. The molecule has 0 fully saturated rings. The Bertz CT molecular complexity index is 1150. The van der Waals surface area contributed by atoms with Crippen LogP contribution >= 0.6 is 12.2 Å². The standard InChI is InChI=1S/C18H11FN2O4S/c19-9-5-7-10(8-6-9)21-16(23)13(15(22)20-18(21)26)14-11-3-1-2-4-12(11)17(24)25-14/h1-8,14,23H,(H,20,22,26). The average Bonchev–Trinajstić information content (AvgIpc) is 2.93. The molecule has 1 aliphatic rings. The Hall–Kier alpha value is -3.26. The zero-order chi connectivity index (χ0) is 18.4. The van der Waals surface area contributed by atoms with Crippen LogP contribution in [0.1, 0.15) is 27.6 Å². The van der Waals surface area contributed by atoms with Crippen molar-refractivity contribution < 1.29 is 19.0 Å². The van der Waals surface area contributed by atoms with Crippen molar-refractivity contribution in [2.45, 2.75) is 6.10 Å². The molecule has 26 heavy (non-hydrogen) atoms. The van der Waals surface area contributed by atoms with Crippen molar-refractivity contribution in [3.63, 3.8) is 0 Å². The molecular formula is C18H11FN2O4S. The molecule has 0 saturated carbocycles. The van der Waals surface area contributed by atoms with Crippen LogP contribution in [0.3, 0.4) is 0 Å². The number of hydrogen-bond donors (Lipinski definition) is 2. The summed E-state index contributed by atoms with van der Waals surface area (Å²) in [6, 6.07) is 11.8. The van der Waals surface area contributed by atoms with E-state index in [4.69, 9.17) is 17.0 Å². The molecule has 0 saturated heterocycles. The van der Waals surface area contributed by atoms with Crippen LogP contribution in [0.25, 0.3) is 5.69 Å². The SMILES string of the molecule is O=C1OC(c2c(O)n(-c3ccc(F)cc3)c(=S)[nH]c2=O)c2ccccc21. The van der Waals surface area contributed by atoms with Gasteiger partial charge in [-0.1, -0.05) is 18.2 Å². The fourth-order valence-corrected chi connectivity index (χ4v) is 3.25. The summed E-state index contributed by atoms with van der Waals surface area (Å²) < 4.78 is 19.6. The van der Waals surface area contributed by atoms with Crippen LogP contribution in [-0.2, 0) is 4.74 Å². The molecule has 0 aliphatic carbocycles. The number of nitrogens with zero attached hydrogens (tertiary/aromatic N) is 1. The van der Waals surface area contributed by atoms with Crippen molar-refractivity contribution in [1.29, 1.82) is 0 Å². The largest absolute Gasteiger partial charge is 0.494 e. The number of halogens is 1. The molecule has 130 valence electrons. The molecule has 2 aromatic carbocycles. The summed E-state index contributed by atoms with van der Waals surface area (Å²) in [5.74, 6) is -1.51. The van der Waals surface area contributed by atoms with Crippen molar-refractivity contribution in [3.8, 4) is 11.6 Å². The lowest BCUT2D eigenvalue weighted by Crippen LogP contribution is -2.21. The Balaban J connectivity index is 1.96. The number of hydrogen-bond acceptors (Lipinski definition) is 5. The van der Waals surface area contributed by atoms with Crippen LogP contribution in [0.5, 0.6) is 5.88 Å². The number of benzene rings is 2. The van der Waals surface area contributed by atoms with Gasteiger partial charge in [0, 0.05) is 5.56 Å². The normalized spacial score (nSPS) is 15.6. The molecule has 6 nitrogen and oxygen atoms in total. The zero-order valence-corrected chi connectivity index (χ0v) is 13.9. The van der Waals surface area contributed by atoms with Crippen LogP contribution in [0.4, 0.5) is 4.39 Å². The van der Waals surface area contributed by atoms with Crippen molar-refractivity contribution >= 4 is 18.2 Å². The minimum Gasteiger partial charge on any atom is -0.494 e. The summed E-state index contributed by atoms with van der Waals surface area (Å²) in [5.41, 5.74) is 0.332. The van der Waals surface area contributed by atoms with Gasteiger partial charge in [-0.15, -0.1) is 0 Å². The van der Waals surface area contributed by atoms with Gasteiger partial charge in [-0.2, -0.15) is 0 Å². The molecule has 2 heterocycles. The van der Waals surface area contributed by atoms with E-state index in [-0.39, 0.29) is 10.3 Å². The predicted octanol–water partition coefficient (Wildman–Crippen LogP) is 3.00. The van der Waals surface area contributed by atoms with Crippen LogP contribution in [0, 0.1) is 10.6 Å². The molecule has 8 heteroatoms. The summed E-state index contributed by atoms with van der Waals surface area (Å²) in [7, 11) is 0. The zero-order valence-electron chi connectivity index (χ0n) is 13.1. The van der Waals surface area contributed by atoms with Gasteiger partial charge in [0.2, 0.25) is 5.88 Å². The van der Waals surface area contributed by atoms with Gasteiger partial charge in [0.25, 0.3) is 5.56 Å². The number of aromatic nitrogens is 2. The summed E-state index contributed by atoms with van der Waals surface area (Å²) in [6.07, 6.45) is -1.07. The van der Waals surface area contributed by atoms with Crippen molar-refractivity contribution in [1.82, 2.24) is 9.55 Å². The molecule has 1 unspecified atom stereocenters. The van der Waals surface area contributed by atoms with Crippen LogP contribution in [0.2, 0.25) is 0 Å². The number of aromatic amines is 1. The highest BCUT2D eigenvalue weighted by molar-refractivity contribution is 7.71. The fraction of sp³-hybridized carbons (Fsp3) is 0.0556. The number of fused-ring (bicyclic) bond motifs is 1. The molecule has 0 radical (unpaired) electrons. The van der Waals surface area contributed by atoms with E-state index in [2.05, 4.69) is 4.98 Å². The topological polar surface area (TPSA) is 84.3 Å². The third kappa shape index (κ3) is 2.42. The van der Waals surface area contributed by atoms with E-state index in [0.717, 1.165) is 0 Å². The summed E-state index contributed by atoms with van der Waals surface area (Å²) >= 11 is 5.12. The monoisotopic (exact) mass is 370 g/mol. The van der Waals surface area contributed by atoms with Gasteiger partial charge in [-0.05, 0) is 42.5 Å². The molecular weight excluding hydrogens is 359 g/mol. The number of cyclic esters (lactones) is 1. The number of aromatic hydroxyl groups is 1. The Morgan fingerprint density at radius 2 is 1.81 bits per heavy atom. The lowest BCUT2D eigenvalue weighted by atomic mass is 10.0. The van der Waals surface area contributed by atoms with E-state index >= 15 is 0 Å². The highest BCUT2D eigenvalue weighted by Gasteiger charge is 2.36. The van der Waals surface area contributed by atoms with Gasteiger partial charge >= 0.3 is 5.97 Å². The minimum absolute atomic E-state index is 0.0690. The maximum absolute atomic E-state index is 13.2. The summed E-state index contributed by atoms with van der Waals surface area (Å²) in [5, 5.41) is 10.7. The lowest BCUT2D eigenvalue weighted by Gasteiger charge is -2.16. The maximum Gasteiger partial charge on any atom is 0.339 e. The van der Waals surface area contributed by atoms with E-state index < -0.39 is 29.3 Å². The predicted molar refractivity (Wildman–Crippen MR) is 92.5 cm³/mol. The number of carbonyl (C=O) groups excluding carboxylic acids is 1. The van der Waals surface area contributed by atoms with Crippen molar-refractivity contribution in [2.75, 3.05) is 0 Å². The molecule has 0 bridgehead atoms. The molecule has 4 rings (SSSR count). The molecule has 1 atom stereocenters. The van der Waals surface area contributed by atoms with Crippen molar-refractivity contribution in [2.24, 2.45) is 0 Å². The lowest BCUT2D eigenvalue weighted by molar-refractivity contribution is 0.0449. The number of esters is 1. The molecule has 2 N–H and O–H groups in total. The second-order valence-electron chi connectivity index (χ2n) is 5.68. The first-order valence-corrected chi connectivity index (χ1v) is 8.02. The highest BCUT2D eigenvalue weighted by atomic mass is 32.1. The first-order chi connectivity index (χ1) is 12.5. The quantitative estimate of drug-likeness (QED) is 0.535. The second kappa shape index (κ2) is 5.92. The fourth-order valence-electron chi connectivity index (χ4n) is 2.96. The van der Waals surface area contributed by atoms with Gasteiger partial charge in [0.1, 0.15) is 11.4 Å². The summed E-state index contributed by atoms with van der Waals surface area (Å²) in [6.45, 7) is 0. The van der Waals surface area contributed by atoms with E-state index in [1.165, 1.54) is 28.8 Å². The maximum atomic E-state index is 13.2. The molecule has 3 aromatic rings. The van der Waals surface area contributed by atoms with Crippen LogP contribution in [-0.4, -0.2) is 20.6 Å². The van der Waals surface area contributed by atoms with Gasteiger partial charge < -0.3 is 9.84 Å². The van der Waals surface area contributed by atoms with E-state index in [0.29, 0.717) is 16.8 Å². The molecule has 0 spiro atoms. The molecule has 1 aromatic heterocycles. The Kier molecular flexibility index (Phi) is 3.69. The smallest absolute Gasteiger partial charge is 0.339 e. The van der Waals surface area contributed by atoms with Crippen molar-refractivity contribution in [3.05, 3.63) is 86.2 Å². The summed E-state index contributed by atoms with van der Waals surface area (Å²) in [4.78, 5) is 27.0. The molecule has 0 amide bonds. The Labute approximate surface area is 151 Å². The first-order valence-electron chi connectivity index (χ1n) is 7.61. The number of nitrogens with one attached hydrogen (secondary N) is 1. The Morgan fingerprint density at radius 3 is 2.54 bits per heavy atom. The average molecular weight is 370 g/mol. The van der Waals surface area contributed by atoms with Gasteiger partial charge in [0.15, 0.2) is 10.9 Å². The van der Waals surface area contributed by atoms with Crippen LogP contribution in [0.15, 0.2) is 53.3 Å². The van der Waals surface area contributed by atoms with Crippen LogP contribution < -0.4 is 5.56 Å². The number of carbonyl (C=O) groups is 1. The van der Waals surface area contributed by atoms with E-state index in [1.54, 1.807) is 24.3 Å². The second-order valence-corrected chi connectivity index (χ2v) is 6.07. The minimum atomic E-state index is -1.07. The van der Waals surface area contributed by atoms with Gasteiger partial charge in [0.05, 0.1) is 11.3 Å². The third-order valence-electron chi connectivity index (χ3n) is 4.16. The van der Waals surface area contributed by atoms with Gasteiger partial charge in [-0.3, -0.25) is 14.3 Å². The number of H-pyrrole nitrogens is 1. The van der Waals surface area contributed by atoms with E-state index in [1.807, 2.05) is 0 Å². The van der Waals surface area contributed by atoms with E-state index in [9.17, 15) is 19.1 Å². The third-order valence-corrected chi connectivity index (χ3v) is 4.44.